The summed E-state index contributed by atoms with van der Waals surface area (Å²) < 4.78 is 14.2. The molecule has 1 aromatic rings. The summed E-state index contributed by atoms with van der Waals surface area (Å²) in [5, 5.41) is 3.80. The van der Waals surface area contributed by atoms with Crippen LogP contribution in [0.3, 0.4) is 0 Å². The van der Waals surface area contributed by atoms with Crippen LogP contribution in [0.15, 0.2) is 22.7 Å². The molecule has 0 amide bonds. The van der Waals surface area contributed by atoms with Gasteiger partial charge in [-0.2, -0.15) is 11.8 Å². The van der Waals surface area contributed by atoms with E-state index in [-0.39, 0.29) is 5.82 Å². The van der Waals surface area contributed by atoms with E-state index in [0.717, 1.165) is 11.0 Å². The van der Waals surface area contributed by atoms with Gasteiger partial charge < -0.3 is 5.32 Å². The second-order valence-corrected chi connectivity index (χ2v) is 5.60. The van der Waals surface area contributed by atoms with Crippen molar-refractivity contribution < 1.29 is 4.39 Å². The van der Waals surface area contributed by atoms with E-state index in [2.05, 4.69) is 34.4 Å². The Morgan fingerprint density at radius 3 is 2.87 bits per heavy atom. The van der Waals surface area contributed by atoms with E-state index >= 15 is 0 Å². The molecule has 0 aromatic heterocycles. The first-order valence-electron chi connectivity index (χ1n) is 4.81. The SMILES string of the molecule is CSC(C)CNCc1ccc(Br)cc1F. The van der Waals surface area contributed by atoms with Gasteiger partial charge in [0, 0.05) is 28.4 Å². The van der Waals surface area contributed by atoms with Gasteiger partial charge in [0.15, 0.2) is 0 Å². The van der Waals surface area contributed by atoms with Crippen molar-refractivity contribution in [3.63, 3.8) is 0 Å². The summed E-state index contributed by atoms with van der Waals surface area (Å²) in [6, 6.07) is 5.16. The van der Waals surface area contributed by atoms with Crippen LogP contribution in [0.25, 0.3) is 0 Å². The second kappa shape index (κ2) is 6.51. The van der Waals surface area contributed by atoms with Crippen molar-refractivity contribution in [2.45, 2.75) is 18.7 Å². The lowest BCUT2D eigenvalue weighted by atomic mass is 10.2. The predicted octanol–water partition coefficient (Wildman–Crippen LogP) is 3.43. The minimum Gasteiger partial charge on any atom is -0.311 e. The van der Waals surface area contributed by atoms with E-state index in [9.17, 15) is 4.39 Å². The summed E-state index contributed by atoms with van der Waals surface area (Å²) in [5.74, 6) is -0.159. The molecule has 0 aliphatic rings. The van der Waals surface area contributed by atoms with Gasteiger partial charge in [-0.05, 0) is 18.4 Å². The normalized spacial score (nSPS) is 12.8. The highest BCUT2D eigenvalue weighted by Gasteiger charge is 2.03. The van der Waals surface area contributed by atoms with Gasteiger partial charge in [-0.25, -0.2) is 4.39 Å². The monoisotopic (exact) mass is 291 g/mol. The smallest absolute Gasteiger partial charge is 0.128 e. The fourth-order valence-corrected chi connectivity index (χ4v) is 1.78. The molecule has 0 aliphatic heterocycles. The summed E-state index contributed by atoms with van der Waals surface area (Å²) >= 11 is 5.04. The lowest BCUT2D eigenvalue weighted by molar-refractivity contribution is 0.587. The summed E-state index contributed by atoms with van der Waals surface area (Å²) in [7, 11) is 0. The fraction of sp³-hybridized carbons (Fsp3) is 0.455. The first-order valence-corrected chi connectivity index (χ1v) is 6.89. The number of hydrogen-bond acceptors (Lipinski definition) is 2. The maximum atomic E-state index is 13.4. The number of thioether (sulfide) groups is 1. The zero-order valence-electron chi connectivity index (χ0n) is 8.89. The highest BCUT2D eigenvalue weighted by atomic mass is 79.9. The van der Waals surface area contributed by atoms with E-state index < -0.39 is 0 Å². The van der Waals surface area contributed by atoms with Gasteiger partial charge in [-0.15, -0.1) is 0 Å². The molecule has 0 spiro atoms. The Morgan fingerprint density at radius 2 is 2.27 bits per heavy atom. The third kappa shape index (κ3) is 4.53. The second-order valence-electron chi connectivity index (χ2n) is 3.41. The zero-order valence-corrected chi connectivity index (χ0v) is 11.3. The standard InChI is InChI=1S/C11H15BrFNS/c1-8(15-2)6-14-7-9-3-4-10(12)5-11(9)13/h3-5,8,14H,6-7H2,1-2H3. The molecule has 0 heterocycles. The molecule has 1 unspecified atom stereocenters. The molecular weight excluding hydrogens is 277 g/mol. The lowest BCUT2D eigenvalue weighted by Gasteiger charge is -2.10. The van der Waals surface area contributed by atoms with Crippen molar-refractivity contribution in [2.75, 3.05) is 12.8 Å². The van der Waals surface area contributed by atoms with E-state index in [4.69, 9.17) is 0 Å². The Bertz CT molecular complexity index is 319. The van der Waals surface area contributed by atoms with Crippen LogP contribution in [0.2, 0.25) is 0 Å². The summed E-state index contributed by atoms with van der Waals surface area (Å²) in [4.78, 5) is 0. The lowest BCUT2D eigenvalue weighted by Crippen LogP contribution is -2.22. The number of hydrogen-bond donors (Lipinski definition) is 1. The third-order valence-electron chi connectivity index (χ3n) is 2.16. The summed E-state index contributed by atoms with van der Waals surface area (Å²) in [6.07, 6.45) is 2.08. The Labute approximate surface area is 103 Å². The van der Waals surface area contributed by atoms with E-state index in [1.165, 1.54) is 6.07 Å². The molecule has 0 fully saturated rings. The molecule has 1 N–H and O–H groups in total. The minimum atomic E-state index is -0.159. The topological polar surface area (TPSA) is 12.0 Å². The number of rotatable bonds is 5. The molecule has 0 aliphatic carbocycles. The van der Waals surface area contributed by atoms with Crippen LogP contribution in [0.5, 0.6) is 0 Å². The maximum Gasteiger partial charge on any atom is 0.128 e. The molecule has 0 saturated carbocycles. The molecular formula is C11H15BrFNS. The average molecular weight is 292 g/mol. The highest BCUT2D eigenvalue weighted by Crippen LogP contribution is 2.15. The van der Waals surface area contributed by atoms with Gasteiger partial charge >= 0.3 is 0 Å². The van der Waals surface area contributed by atoms with Crippen LogP contribution in [-0.2, 0) is 6.54 Å². The number of nitrogens with one attached hydrogen (secondary N) is 1. The van der Waals surface area contributed by atoms with E-state index in [1.54, 1.807) is 17.8 Å². The molecule has 1 rings (SSSR count). The first kappa shape index (κ1) is 13.0. The third-order valence-corrected chi connectivity index (χ3v) is 3.63. The Morgan fingerprint density at radius 1 is 1.53 bits per heavy atom. The Hall–Kier alpha value is -0.0600. The van der Waals surface area contributed by atoms with Crippen molar-refractivity contribution in [3.05, 3.63) is 34.1 Å². The molecule has 0 radical (unpaired) electrons. The van der Waals surface area contributed by atoms with Gasteiger partial charge in [0.2, 0.25) is 0 Å². The highest BCUT2D eigenvalue weighted by molar-refractivity contribution is 9.10. The van der Waals surface area contributed by atoms with Crippen LogP contribution in [0.4, 0.5) is 4.39 Å². The van der Waals surface area contributed by atoms with Gasteiger partial charge in [0.1, 0.15) is 5.82 Å². The largest absolute Gasteiger partial charge is 0.311 e. The Kier molecular flexibility index (Phi) is 5.64. The van der Waals surface area contributed by atoms with E-state index in [0.29, 0.717) is 17.4 Å². The quantitative estimate of drug-likeness (QED) is 0.892. The minimum absolute atomic E-state index is 0.159. The molecule has 1 nitrogen and oxygen atoms in total. The first-order chi connectivity index (χ1) is 7.13. The molecule has 15 heavy (non-hydrogen) atoms. The van der Waals surface area contributed by atoms with Crippen molar-refractivity contribution >= 4 is 27.7 Å². The molecule has 0 bridgehead atoms. The predicted molar refractivity (Wildman–Crippen MR) is 68.8 cm³/mol. The van der Waals surface area contributed by atoms with Gasteiger partial charge in [0.25, 0.3) is 0 Å². The van der Waals surface area contributed by atoms with E-state index in [1.807, 2.05) is 6.07 Å². The Balaban J connectivity index is 2.44. The number of halogens is 2. The van der Waals surface area contributed by atoms with Gasteiger partial charge in [-0.3, -0.25) is 0 Å². The molecule has 4 heteroatoms. The zero-order chi connectivity index (χ0) is 11.3. The van der Waals surface area contributed by atoms with Gasteiger partial charge in [-0.1, -0.05) is 28.9 Å². The average Bonchev–Trinajstić information content (AvgIpc) is 2.21. The molecule has 0 saturated heterocycles. The van der Waals surface area contributed by atoms with Crippen molar-refractivity contribution in [2.24, 2.45) is 0 Å². The van der Waals surface area contributed by atoms with Gasteiger partial charge in [0.05, 0.1) is 0 Å². The van der Waals surface area contributed by atoms with Crippen molar-refractivity contribution in [1.82, 2.24) is 5.32 Å². The summed E-state index contributed by atoms with van der Waals surface area (Å²) in [5.41, 5.74) is 0.714. The van der Waals surface area contributed by atoms with Crippen LogP contribution >= 0.6 is 27.7 Å². The summed E-state index contributed by atoms with van der Waals surface area (Å²) in [6.45, 7) is 3.64. The van der Waals surface area contributed by atoms with Crippen LogP contribution in [0, 0.1) is 5.82 Å². The van der Waals surface area contributed by atoms with Crippen molar-refractivity contribution in [1.29, 1.82) is 0 Å². The number of benzene rings is 1. The fourth-order valence-electron chi connectivity index (χ4n) is 1.16. The van der Waals surface area contributed by atoms with Crippen LogP contribution in [0.1, 0.15) is 12.5 Å². The maximum absolute atomic E-state index is 13.4. The van der Waals surface area contributed by atoms with Crippen LogP contribution in [-0.4, -0.2) is 18.1 Å². The van der Waals surface area contributed by atoms with Crippen LogP contribution < -0.4 is 5.32 Å². The molecule has 84 valence electrons. The molecule has 1 aromatic carbocycles. The molecule has 1 atom stereocenters. The van der Waals surface area contributed by atoms with Crippen molar-refractivity contribution in [3.8, 4) is 0 Å².